The quantitative estimate of drug-likeness (QED) is 0.0874. The number of anilines is 2. The number of rotatable bonds is 10. The number of benzene rings is 2. The number of amides is 3. The molecule has 304 valence electrons. The lowest BCUT2D eigenvalue weighted by molar-refractivity contribution is -0.143. The van der Waals surface area contributed by atoms with E-state index in [4.69, 9.17) is 30.3 Å². The molecule has 0 unspecified atom stereocenters. The Morgan fingerprint density at radius 3 is 2.40 bits per heavy atom. The summed E-state index contributed by atoms with van der Waals surface area (Å²) in [7, 11) is 0. The minimum atomic E-state index is -1.83. The maximum Gasteiger partial charge on any atom is 0.503 e. The van der Waals surface area contributed by atoms with Crippen LogP contribution in [0.1, 0.15) is 16.1 Å². The zero-order valence-electron chi connectivity index (χ0n) is 29.8. The number of halogens is 2. The Bertz CT molecular complexity index is 2380. The molecule has 7 rings (SSSR count). The summed E-state index contributed by atoms with van der Waals surface area (Å²) < 4.78 is 36.1. The number of thioether (sulfide) groups is 1. The first-order chi connectivity index (χ1) is 27.7. The number of carboxylic acid groups (broad SMARTS) is 3. The van der Waals surface area contributed by atoms with E-state index >= 15 is 4.39 Å². The molecule has 2 aromatic heterocycles. The van der Waals surface area contributed by atoms with Crippen molar-refractivity contribution in [1.29, 1.82) is 0 Å². The van der Waals surface area contributed by atoms with Crippen molar-refractivity contribution in [2.75, 3.05) is 49.2 Å². The molecule has 3 aliphatic heterocycles. The number of carbonyl (C=O) groups is 5. The zero-order chi connectivity index (χ0) is 41.7. The molecule has 19 nitrogen and oxygen atoms in total. The van der Waals surface area contributed by atoms with E-state index in [2.05, 4.69) is 15.5 Å². The second kappa shape index (κ2) is 17.6. The van der Waals surface area contributed by atoms with Gasteiger partial charge in [-0.2, -0.15) is 0 Å². The number of piperazine rings is 1. The van der Waals surface area contributed by atoms with Crippen molar-refractivity contribution in [1.82, 2.24) is 24.7 Å². The molecular weight excluding hydrogens is 811 g/mol. The van der Waals surface area contributed by atoms with Gasteiger partial charge in [-0.1, -0.05) is 5.16 Å². The lowest BCUT2D eigenvalue weighted by atomic mass is 10.1. The number of carbonyl (C=O) groups excluding carboxylic acids is 3. The summed E-state index contributed by atoms with van der Waals surface area (Å²) in [6, 6.07) is 6.87. The summed E-state index contributed by atoms with van der Waals surface area (Å²) in [5.41, 5.74) is 6.12. The van der Waals surface area contributed by atoms with E-state index in [-0.39, 0.29) is 67.3 Å². The summed E-state index contributed by atoms with van der Waals surface area (Å²) in [4.78, 5) is 85.0. The fourth-order valence-corrected chi connectivity index (χ4v) is 7.92. The Hall–Kier alpha value is -6.75. The van der Waals surface area contributed by atoms with Gasteiger partial charge in [-0.3, -0.25) is 14.4 Å². The number of hydrogen-bond donors (Lipinski definition) is 5. The maximum atomic E-state index is 15.5. The summed E-state index contributed by atoms with van der Waals surface area (Å²) in [6.45, 7) is 0.797. The van der Waals surface area contributed by atoms with E-state index in [0.717, 1.165) is 18.5 Å². The van der Waals surface area contributed by atoms with Crippen molar-refractivity contribution in [2.24, 2.45) is 5.16 Å². The SMILES string of the molecule is Nc1nc(CO/N=C\C(=O)N[C@@H]2C(=O)N3C=C(COC(=O)N4CCN(c5cc6c(cc5F)c(=O)c(C(=O)O)cn6-c5ccc(F)cc5)CC4)CS[C@H]23)cs1.O=C(O)O. The summed E-state index contributed by atoms with van der Waals surface area (Å²) in [6.07, 6.45) is 1.25. The zero-order valence-corrected chi connectivity index (χ0v) is 31.5. The van der Waals surface area contributed by atoms with Crippen LogP contribution in [0.4, 0.5) is 29.2 Å². The van der Waals surface area contributed by atoms with Gasteiger partial charge in [0, 0.05) is 60.8 Å². The number of thiazole rings is 1. The Labute approximate surface area is 333 Å². The van der Waals surface area contributed by atoms with Crippen LogP contribution in [0.15, 0.2) is 69.7 Å². The van der Waals surface area contributed by atoms with Gasteiger partial charge in [-0.15, -0.1) is 23.1 Å². The van der Waals surface area contributed by atoms with Crippen LogP contribution in [0.3, 0.4) is 0 Å². The number of carboxylic acids is 1. The van der Waals surface area contributed by atoms with Gasteiger partial charge in [0.05, 0.1) is 16.9 Å². The van der Waals surface area contributed by atoms with Gasteiger partial charge in [-0.05, 0) is 42.0 Å². The summed E-state index contributed by atoms with van der Waals surface area (Å²) >= 11 is 2.66. The predicted molar refractivity (Wildman–Crippen MR) is 205 cm³/mol. The highest BCUT2D eigenvalue weighted by Gasteiger charge is 2.49. The Morgan fingerprint density at radius 2 is 1.74 bits per heavy atom. The second-order valence-electron chi connectivity index (χ2n) is 12.6. The van der Waals surface area contributed by atoms with Crippen LogP contribution in [0.2, 0.25) is 0 Å². The molecule has 4 aromatic rings. The van der Waals surface area contributed by atoms with E-state index in [1.54, 1.807) is 16.5 Å². The van der Waals surface area contributed by atoms with E-state index in [0.29, 0.717) is 27.8 Å². The lowest BCUT2D eigenvalue weighted by Gasteiger charge is -2.47. The molecule has 58 heavy (non-hydrogen) atoms. The minimum absolute atomic E-state index is 0.0389. The molecule has 0 bridgehead atoms. The first-order valence-corrected chi connectivity index (χ1v) is 18.9. The third kappa shape index (κ3) is 9.26. The van der Waals surface area contributed by atoms with Gasteiger partial charge >= 0.3 is 18.2 Å². The summed E-state index contributed by atoms with van der Waals surface area (Å²) in [5.74, 6) is -3.22. The number of fused-ring (bicyclic) bond motifs is 2. The normalized spacial score (nSPS) is 17.4. The van der Waals surface area contributed by atoms with Gasteiger partial charge in [0.2, 0.25) is 5.43 Å². The molecule has 0 radical (unpaired) electrons. The van der Waals surface area contributed by atoms with Crippen molar-refractivity contribution < 1.29 is 57.6 Å². The molecule has 2 aromatic carbocycles. The third-order valence-electron chi connectivity index (χ3n) is 8.83. The number of nitrogen functional groups attached to an aromatic ring is 1. The Kier molecular flexibility index (Phi) is 12.4. The number of β-lactam (4-membered cyclic amide) rings is 1. The van der Waals surface area contributed by atoms with E-state index in [1.807, 2.05) is 0 Å². The molecule has 0 spiro atoms. The minimum Gasteiger partial charge on any atom is -0.477 e. The Morgan fingerprint density at radius 1 is 1.03 bits per heavy atom. The second-order valence-corrected chi connectivity index (χ2v) is 14.6. The average Bonchev–Trinajstić information content (AvgIpc) is 3.62. The summed E-state index contributed by atoms with van der Waals surface area (Å²) in [5, 5.41) is 31.4. The molecule has 3 amide bonds. The van der Waals surface area contributed by atoms with Crippen LogP contribution >= 0.6 is 23.1 Å². The maximum absolute atomic E-state index is 15.5. The average molecular weight is 843 g/mol. The largest absolute Gasteiger partial charge is 0.503 e. The molecule has 2 fully saturated rings. The molecule has 2 atom stereocenters. The first kappa shape index (κ1) is 40.9. The van der Waals surface area contributed by atoms with Crippen molar-refractivity contribution in [2.45, 2.75) is 18.0 Å². The number of aromatic nitrogens is 2. The van der Waals surface area contributed by atoms with Crippen molar-refractivity contribution in [3.63, 3.8) is 0 Å². The highest BCUT2D eigenvalue weighted by molar-refractivity contribution is 8.00. The van der Waals surface area contributed by atoms with Crippen LogP contribution in [-0.2, 0) is 25.8 Å². The smallest absolute Gasteiger partial charge is 0.477 e. The lowest BCUT2D eigenvalue weighted by Crippen LogP contribution is -2.68. The topological polar surface area (TPSA) is 260 Å². The third-order valence-corrected chi connectivity index (χ3v) is 10.9. The predicted octanol–water partition coefficient (Wildman–Crippen LogP) is 2.97. The molecule has 0 aliphatic carbocycles. The molecule has 2 saturated heterocycles. The number of nitrogens with zero attached hydrogens (tertiary/aromatic N) is 6. The molecule has 23 heteroatoms. The Balaban J connectivity index is 0.00000135. The highest BCUT2D eigenvalue weighted by atomic mass is 32.2. The molecule has 3 aliphatic rings. The number of nitrogens with two attached hydrogens (primary N) is 1. The van der Waals surface area contributed by atoms with E-state index in [9.17, 15) is 33.5 Å². The van der Waals surface area contributed by atoms with Gasteiger partial charge in [0.15, 0.2) is 11.7 Å². The standard InChI is InChI=1S/C34H30F2N8O8S2.CH2O3/c35-19-1-3-21(4-2-19)43-13-23(32(48)49)29(46)22-9-24(36)26(10-25(22)43)41-5-7-42(8-6-41)34(50)51-14-18-12-44-30(47)28(31(44)53-16-18)40-27(45)11-38-52-15-20-17-54-33(37)39-20;2-1(3)4/h1-4,9-13,17,28,31H,5-8,14-16H2,(H2,37,39)(H,40,45)(H,48,49);(H2,2,3,4)/b38-11-;/t28-,31-;/m1./s1. The first-order valence-electron chi connectivity index (χ1n) is 17.0. The number of ether oxygens (including phenoxy) is 1. The fourth-order valence-electron chi connectivity index (χ4n) is 6.13. The van der Waals surface area contributed by atoms with Crippen molar-refractivity contribution >= 4 is 81.1 Å². The van der Waals surface area contributed by atoms with Crippen LogP contribution in [-0.4, -0.2) is 121 Å². The van der Waals surface area contributed by atoms with Gasteiger partial charge in [0.1, 0.15) is 41.4 Å². The molecule has 6 N–H and O–H groups in total. The van der Waals surface area contributed by atoms with E-state index in [1.165, 1.54) is 67.8 Å². The monoisotopic (exact) mass is 842 g/mol. The number of oxime groups is 1. The van der Waals surface area contributed by atoms with Crippen LogP contribution in [0.5, 0.6) is 0 Å². The van der Waals surface area contributed by atoms with Crippen LogP contribution < -0.4 is 21.4 Å². The van der Waals surface area contributed by atoms with E-state index < -0.39 is 52.8 Å². The molecule has 5 heterocycles. The molecular formula is C35H32F2N8O11S2. The number of aromatic carboxylic acids is 1. The fraction of sp³-hybridized carbons (Fsp3) is 0.257. The van der Waals surface area contributed by atoms with Gasteiger partial charge in [-0.25, -0.2) is 28.1 Å². The van der Waals surface area contributed by atoms with Gasteiger partial charge in [0.25, 0.3) is 11.8 Å². The van der Waals surface area contributed by atoms with Gasteiger partial charge < -0.3 is 55.2 Å². The van der Waals surface area contributed by atoms with Crippen molar-refractivity contribution in [3.8, 4) is 5.69 Å². The van der Waals surface area contributed by atoms with Crippen molar-refractivity contribution in [3.05, 3.63) is 92.9 Å². The number of pyridine rings is 1. The molecule has 0 saturated carbocycles. The van der Waals surface area contributed by atoms with Crippen LogP contribution in [0, 0.1) is 11.6 Å². The van der Waals surface area contributed by atoms with Crippen LogP contribution in [0.25, 0.3) is 16.6 Å². The highest BCUT2D eigenvalue weighted by Crippen LogP contribution is 2.36. The number of nitrogens with one attached hydrogen (secondary N) is 1. The number of hydrogen-bond acceptors (Lipinski definition) is 14.